The van der Waals surface area contributed by atoms with Gasteiger partial charge in [0.1, 0.15) is 11.3 Å². The van der Waals surface area contributed by atoms with Gasteiger partial charge in [0.25, 0.3) is 0 Å². The number of carbonyl (C=O) groups excluding carboxylic acids is 1. The highest BCUT2D eigenvalue weighted by Crippen LogP contribution is 2.29. The first-order valence-electron chi connectivity index (χ1n) is 6.01. The first kappa shape index (κ1) is 13.9. The second kappa shape index (κ2) is 5.61. The van der Waals surface area contributed by atoms with Crippen molar-refractivity contribution < 1.29 is 19.1 Å². The molecule has 0 unspecified atom stereocenters. The fourth-order valence-corrected chi connectivity index (χ4v) is 2.54. The number of nitrogens with one attached hydrogen (secondary N) is 1. The molecule has 0 aliphatic heterocycles. The molecule has 1 aromatic heterocycles. The fourth-order valence-electron chi connectivity index (χ4n) is 2.22. The van der Waals surface area contributed by atoms with E-state index in [0.717, 1.165) is 12.8 Å². The summed E-state index contributed by atoms with van der Waals surface area (Å²) in [5, 5.41) is 11.8. The van der Waals surface area contributed by atoms with E-state index in [4.69, 9.17) is 4.42 Å². The first-order chi connectivity index (χ1) is 9.02. The highest BCUT2D eigenvalue weighted by atomic mass is 79.9. The summed E-state index contributed by atoms with van der Waals surface area (Å²) in [7, 11) is 0. The van der Waals surface area contributed by atoms with E-state index >= 15 is 0 Å². The van der Waals surface area contributed by atoms with Crippen LogP contribution >= 0.6 is 15.9 Å². The Morgan fingerprint density at radius 3 is 2.58 bits per heavy atom. The lowest BCUT2D eigenvalue weighted by Gasteiger charge is -2.24. The van der Waals surface area contributed by atoms with Crippen LogP contribution in [0.3, 0.4) is 0 Å². The van der Waals surface area contributed by atoms with Crippen LogP contribution in [-0.2, 0) is 9.59 Å². The summed E-state index contributed by atoms with van der Waals surface area (Å²) in [6, 6.07) is 3.42. The van der Waals surface area contributed by atoms with E-state index in [2.05, 4.69) is 21.2 Å². The average Bonchev–Trinajstić information content (AvgIpc) is 2.97. The monoisotopic (exact) mass is 327 g/mol. The van der Waals surface area contributed by atoms with Crippen molar-refractivity contribution in [1.82, 2.24) is 5.32 Å². The number of carboxylic acids is 1. The van der Waals surface area contributed by atoms with Crippen molar-refractivity contribution in [1.29, 1.82) is 0 Å². The maximum atomic E-state index is 11.8. The Morgan fingerprint density at radius 2 is 2.05 bits per heavy atom. The molecule has 0 spiro atoms. The summed E-state index contributed by atoms with van der Waals surface area (Å²) < 4.78 is 5.78. The molecule has 2 rings (SSSR count). The minimum absolute atomic E-state index is 0.420. The molecule has 1 heterocycles. The van der Waals surface area contributed by atoms with Crippen LogP contribution in [0.15, 0.2) is 27.3 Å². The number of hydrogen-bond donors (Lipinski definition) is 2. The van der Waals surface area contributed by atoms with Gasteiger partial charge in [-0.15, -0.1) is 0 Å². The van der Waals surface area contributed by atoms with Crippen LogP contribution in [0.2, 0.25) is 0 Å². The third-order valence-electron chi connectivity index (χ3n) is 3.22. The van der Waals surface area contributed by atoms with E-state index in [1.165, 1.54) is 12.2 Å². The van der Waals surface area contributed by atoms with Crippen LogP contribution < -0.4 is 5.32 Å². The maximum Gasteiger partial charge on any atom is 0.329 e. The molecule has 1 saturated carbocycles. The zero-order valence-electron chi connectivity index (χ0n) is 10.2. The molecule has 0 radical (unpaired) electrons. The Morgan fingerprint density at radius 1 is 1.37 bits per heavy atom. The van der Waals surface area contributed by atoms with Gasteiger partial charge in [0.05, 0.1) is 0 Å². The highest BCUT2D eigenvalue weighted by Gasteiger charge is 2.42. The van der Waals surface area contributed by atoms with Crippen LogP contribution in [0.1, 0.15) is 31.4 Å². The van der Waals surface area contributed by atoms with E-state index in [0.29, 0.717) is 23.3 Å². The van der Waals surface area contributed by atoms with Gasteiger partial charge in [0.15, 0.2) is 4.67 Å². The van der Waals surface area contributed by atoms with Crippen molar-refractivity contribution in [2.75, 3.05) is 0 Å². The zero-order valence-corrected chi connectivity index (χ0v) is 11.8. The molecule has 5 nitrogen and oxygen atoms in total. The molecular weight excluding hydrogens is 314 g/mol. The molecule has 1 aromatic rings. The number of carbonyl (C=O) groups is 2. The van der Waals surface area contributed by atoms with Crippen LogP contribution in [0.25, 0.3) is 6.08 Å². The first-order valence-corrected chi connectivity index (χ1v) is 6.80. The average molecular weight is 328 g/mol. The third-order valence-corrected chi connectivity index (χ3v) is 3.65. The Balaban J connectivity index is 2.00. The second-order valence-electron chi connectivity index (χ2n) is 4.56. The number of halogens is 1. The summed E-state index contributed by atoms with van der Waals surface area (Å²) in [5.74, 6) is -0.859. The summed E-state index contributed by atoms with van der Waals surface area (Å²) >= 11 is 3.16. The standard InChI is InChI=1S/C13H14BrNO4/c14-10-5-3-9(19-10)4-6-11(16)15-13(12(17)18)7-1-2-8-13/h3-6H,1-2,7-8H2,(H,15,16)(H,17,18)/b6-4+. The highest BCUT2D eigenvalue weighted by molar-refractivity contribution is 9.10. The molecule has 0 aromatic carbocycles. The number of aliphatic carboxylic acids is 1. The van der Waals surface area contributed by atoms with Crippen molar-refractivity contribution in [3.63, 3.8) is 0 Å². The number of carboxylic acid groups (broad SMARTS) is 1. The minimum atomic E-state index is -1.11. The van der Waals surface area contributed by atoms with Gasteiger partial charge in [-0.05, 0) is 47.0 Å². The number of rotatable bonds is 4. The normalized spacial score (nSPS) is 17.7. The largest absolute Gasteiger partial charge is 0.480 e. The Bertz CT molecular complexity index is 514. The molecule has 1 fully saturated rings. The van der Waals surface area contributed by atoms with Gasteiger partial charge < -0.3 is 14.8 Å². The topological polar surface area (TPSA) is 79.5 Å². The van der Waals surface area contributed by atoms with Crippen molar-refractivity contribution in [3.8, 4) is 0 Å². The molecule has 0 bridgehead atoms. The van der Waals surface area contributed by atoms with E-state index in [1.54, 1.807) is 12.1 Å². The van der Waals surface area contributed by atoms with Crippen molar-refractivity contribution in [2.24, 2.45) is 0 Å². The predicted molar refractivity (Wildman–Crippen MR) is 72.4 cm³/mol. The van der Waals surface area contributed by atoms with Gasteiger partial charge in [0.2, 0.25) is 5.91 Å². The molecule has 2 N–H and O–H groups in total. The quantitative estimate of drug-likeness (QED) is 0.833. The van der Waals surface area contributed by atoms with Gasteiger partial charge in [-0.25, -0.2) is 4.79 Å². The lowest BCUT2D eigenvalue weighted by atomic mass is 9.98. The summed E-state index contributed by atoms with van der Waals surface area (Å²) in [6.07, 6.45) is 5.39. The van der Waals surface area contributed by atoms with E-state index in [1.807, 2.05) is 0 Å². The van der Waals surface area contributed by atoms with E-state index in [9.17, 15) is 14.7 Å². The second-order valence-corrected chi connectivity index (χ2v) is 5.34. The molecule has 1 aliphatic rings. The van der Waals surface area contributed by atoms with Gasteiger partial charge >= 0.3 is 5.97 Å². The van der Waals surface area contributed by atoms with Gasteiger partial charge in [-0.2, -0.15) is 0 Å². The van der Waals surface area contributed by atoms with Crippen LogP contribution in [-0.4, -0.2) is 22.5 Å². The fraction of sp³-hybridized carbons (Fsp3) is 0.385. The van der Waals surface area contributed by atoms with Gasteiger partial charge in [-0.3, -0.25) is 4.79 Å². The van der Waals surface area contributed by atoms with Gasteiger partial charge in [-0.1, -0.05) is 12.8 Å². The lowest BCUT2D eigenvalue weighted by molar-refractivity contribution is -0.146. The zero-order chi connectivity index (χ0) is 13.9. The smallest absolute Gasteiger partial charge is 0.329 e. The maximum absolute atomic E-state index is 11.8. The van der Waals surface area contributed by atoms with Crippen LogP contribution in [0.5, 0.6) is 0 Å². The third kappa shape index (κ3) is 3.26. The van der Waals surface area contributed by atoms with Crippen molar-refractivity contribution in [3.05, 3.63) is 28.6 Å². The molecule has 1 aliphatic carbocycles. The van der Waals surface area contributed by atoms with Crippen LogP contribution in [0.4, 0.5) is 0 Å². The van der Waals surface area contributed by atoms with E-state index < -0.39 is 17.4 Å². The van der Waals surface area contributed by atoms with Crippen molar-refractivity contribution >= 4 is 33.9 Å². The summed E-state index contributed by atoms with van der Waals surface area (Å²) in [6.45, 7) is 0. The molecular formula is C13H14BrNO4. The molecule has 19 heavy (non-hydrogen) atoms. The number of amides is 1. The Hall–Kier alpha value is -1.56. The Kier molecular flexibility index (Phi) is 4.09. The SMILES string of the molecule is O=C(/C=C/c1ccc(Br)o1)NC1(C(=O)O)CCCC1. The molecule has 6 heteroatoms. The van der Waals surface area contributed by atoms with Crippen molar-refractivity contribution in [2.45, 2.75) is 31.2 Å². The van der Waals surface area contributed by atoms with E-state index in [-0.39, 0.29) is 0 Å². The lowest BCUT2D eigenvalue weighted by Crippen LogP contribution is -2.52. The molecule has 0 saturated heterocycles. The molecule has 0 atom stereocenters. The minimum Gasteiger partial charge on any atom is -0.480 e. The number of furan rings is 1. The van der Waals surface area contributed by atoms with Gasteiger partial charge in [0, 0.05) is 6.08 Å². The molecule has 1 amide bonds. The number of hydrogen-bond acceptors (Lipinski definition) is 3. The summed E-state index contributed by atoms with van der Waals surface area (Å²) in [5.41, 5.74) is -1.11. The predicted octanol–water partition coefficient (Wildman–Crippen LogP) is 2.57. The van der Waals surface area contributed by atoms with Crippen LogP contribution in [0, 0.1) is 0 Å². The Labute approximate surface area is 118 Å². The summed E-state index contributed by atoms with van der Waals surface area (Å²) in [4.78, 5) is 23.0. The molecule has 102 valence electrons.